The molecule has 0 spiro atoms. The highest BCUT2D eigenvalue weighted by Crippen LogP contribution is 2.27. The Morgan fingerprint density at radius 1 is 0.762 bits per heavy atom. The molecular formula is C20H25N. The van der Waals surface area contributed by atoms with E-state index in [-0.39, 0.29) is 0 Å². The Kier molecular flexibility index (Phi) is 5.07. The zero-order valence-electron chi connectivity index (χ0n) is 12.7. The molecule has 1 nitrogen and oxygen atoms in total. The summed E-state index contributed by atoms with van der Waals surface area (Å²) in [6.07, 6.45) is 6.66. The number of hydrogen-bond donors (Lipinski definition) is 1. The standard InChI is InChI=1S/C20H25N/c1-3-9-17(10-4-1)15-19-13-7-8-14-20(19)21-16-18-11-5-2-6-12-18/h1-6,9-12,19-21H,7-8,13-16H2. The minimum Gasteiger partial charge on any atom is -0.310 e. The maximum atomic E-state index is 3.81. The van der Waals surface area contributed by atoms with Crippen molar-refractivity contribution < 1.29 is 0 Å². The first-order valence-corrected chi connectivity index (χ1v) is 8.23. The van der Waals surface area contributed by atoms with Gasteiger partial charge in [-0.1, -0.05) is 73.5 Å². The van der Waals surface area contributed by atoms with E-state index in [1.165, 1.54) is 43.2 Å². The minimum atomic E-state index is 0.666. The predicted molar refractivity (Wildman–Crippen MR) is 89.2 cm³/mol. The normalized spacial score (nSPS) is 22.1. The van der Waals surface area contributed by atoms with Crippen LogP contribution in [0.2, 0.25) is 0 Å². The van der Waals surface area contributed by atoms with Crippen LogP contribution in [0.4, 0.5) is 0 Å². The van der Waals surface area contributed by atoms with Crippen molar-refractivity contribution >= 4 is 0 Å². The van der Waals surface area contributed by atoms with Crippen LogP contribution in [-0.4, -0.2) is 6.04 Å². The Hall–Kier alpha value is -1.60. The van der Waals surface area contributed by atoms with E-state index < -0.39 is 0 Å². The van der Waals surface area contributed by atoms with Crippen LogP contribution in [0.15, 0.2) is 60.7 Å². The third-order valence-electron chi connectivity index (χ3n) is 4.66. The molecule has 0 amide bonds. The second-order valence-corrected chi connectivity index (χ2v) is 6.21. The van der Waals surface area contributed by atoms with E-state index in [9.17, 15) is 0 Å². The number of hydrogen-bond acceptors (Lipinski definition) is 1. The minimum absolute atomic E-state index is 0.666. The van der Waals surface area contributed by atoms with Crippen LogP contribution in [0.1, 0.15) is 36.8 Å². The molecule has 1 saturated carbocycles. The molecule has 2 atom stereocenters. The molecule has 2 unspecified atom stereocenters. The molecule has 0 heterocycles. The molecule has 0 aliphatic heterocycles. The van der Waals surface area contributed by atoms with Crippen molar-refractivity contribution in [1.82, 2.24) is 5.32 Å². The van der Waals surface area contributed by atoms with Gasteiger partial charge in [0.05, 0.1) is 0 Å². The second-order valence-electron chi connectivity index (χ2n) is 6.21. The molecule has 110 valence electrons. The fourth-order valence-electron chi connectivity index (χ4n) is 3.48. The maximum absolute atomic E-state index is 3.81. The van der Waals surface area contributed by atoms with Gasteiger partial charge in [-0.25, -0.2) is 0 Å². The van der Waals surface area contributed by atoms with Crippen molar-refractivity contribution in [1.29, 1.82) is 0 Å². The van der Waals surface area contributed by atoms with Crippen molar-refractivity contribution in [2.45, 2.75) is 44.7 Å². The molecular weight excluding hydrogens is 254 g/mol. The topological polar surface area (TPSA) is 12.0 Å². The van der Waals surface area contributed by atoms with Crippen molar-refractivity contribution in [2.75, 3.05) is 0 Å². The van der Waals surface area contributed by atoms with Gasteiger partial charge in [0, 0.05) is 12.6 Å². The van der Waals surface area contributed by atoms with Gasteiger partial charge in [0.15, 0.2) is 0 Å². The van der Waals surface area contributed by atoms with Crippen LogP contribution < -0.4 is 5.32 Å². The van der Waals surface area contributed by atoms with Gasteiger partial charge in [-0.05, 0) is 36.3 Å². The number of benzene rings is 2. The van der Waals surface area contributed by atoms with Gasteiger partial charge in [0.2, 0.25) is 0 Å². The summed E-state index contributed by atoms with van der Waals surface area (Å²) in [4.78, 5) is 0. The lowest BCUT2D eigenvalue weighted by molar-refractivity contribution is 0.259. The first-order valence-electron chi connectivity index (χ1n) is 8.23. The molecule has 3 rings (SSSR count). The van der Waals surface area contributed by atoms with E-state index in [0.717, 1.165) is 12.5 Å². The Morgan fingerprint density at radius 2 is 1.38 bits per heavy atom. The van der Waals surface area contributed by atoms with E-state index in [1.54, 1.807) is 0 Å². The highest BCUT2D eigenvalue weighted by atomic mass is 14.9. The molecule has 2 aromatic rings. The quantitative estimate of drug-likeness (QED) is 0.845. The maximum Gasteiger partial charge on any atom is 0.0208 e. The van der Waals surface area contributed by atoms with Gasteiger partial charge in [0.1, 0.15) is 0 Å². The van der Waals surface area contributed by atoms with Crippen molar-refractivity contribution in [3.05, 3.63) is 71.8 Å². The molecule has 0 bridgehead atoms. The summed E-state index contributed by atoms with van der Waals surface area (Å²) >= 11 is 0. The lowest BCUT2D eigenvalue weighted by Gasteiger charge is -2.32. The van der Waals surface area contributed by atoms with E-state index in [0.29, 0.717) is 6.04 Å². The highest BCUT2D eigenvalue weighted by Gasteiger charge is 2.24. The van der Waals surface area contributed by atoms with Gasteiger partial charge in [0.25, 0.3) is 0 Å². The first-order chi connectivity index (χ1) is 10.4. The second kappa shape index (κ2) is 7.42. The molecule has 2 aromatic carbocycles. The summed E-state index contributed by atoms with van der Waals surface area (Å²) in [5, 5.41) is 3.81. The predicted octanol–water partition coefficient (Wildman–Crippen LogP) is 4.58. The van der Waals surface area contributed by atoms with Crippen LogP contribution in [0.3, 0.4) is 0 Å². The van der Waals surface area contributed by atoms with Gasteiger partial charge < -0.3 is 5.32 Å². The molecule has 1 aliphatic rings. The summed E-state index contributed by atoms with van der Waals surface area (Å²) in [5.74, 6) is 0.782. The molecule has 1 heteroatoms. The van der Waals surface area contributed by atoms with Crippen LogP contribution in [0.25, 0.3) is 0 Å². The van der Waals surface area contributed by atoms with Crippen LogP contribution in [-0.2, 0) is 13.0 Å². The van der Waals surface area contributed by atoms with Crippen LogP contribution in [0, 0.1) is 5.92 Å². The van der Waals surface area contributed by atoms with Crippen molar-refractivity contribution in [2.24, 2.45) is 5.92 Å². The van der Waals surface area contributed by atoms with E-state index in [1.807, 2.05) is 0 Å². The monoisotopic (exact) mass is 279 g/mol. The Labute approximate surface area is 128 Å². The van der Waals surface area contributed by atoms with E-state index >= 15 is 0 Å². The zero-order valence-corrected chi connectivity index (χ0v) is 12.7. The number of rotatable bonds is 5. The lowest BCUT2D eigenvalue weighted by atomic mass is 9.80. The average Bonchev–Trinajstić information content (AvgIpc) is 2.56. The van der Waals surface area contributed by atoms with Gasteiger partial charge in [-0.3, -0.25) is 0 Å². The molecule has 0 aromatic heterocycles. The largest absolute Gasteiger partial charge is 0.310 e. The summed E-state index contributed by atoms with van der Waals surface area (Å²) in [6.45, 7) is 0.997. The summed E-state index contributed by atoms with van der Waals surface area (Å²) in [5.41, 5.74) is 2.87. The smallest absolute Gasteiger partial charge is 0.0208 e. The van der Waals surface area contributed by atoms with E-state index in [4.69, 9.17) is 0 Å². The highest BCUT2D eigenvalue weighted by molar-refractivity contribution is 5.16. The van der Waals surface area contributed by atoms with Gasteiger partial charge in [-0.2, -0.15) is 0 Å². The zero-order chi connectivity index (χ0) is 14.3. The van der Waals surface area contributed by atoms with Crippen molar-refractivity contribution in [3.63, 3.8) is 0 Å². The van der Waals surface area contributed by atoms with Crippen LogP contribution in [0.5, 0.6) is 0 Å². The summed E-state index contributed by atoms with van der Waals surface area (Å²) in [6, 6.07) is 22.4. The summed E-state index contributed by atoms with van der Waals surface area (Å²) < 4.78 is 0. The molecule has 1 fully saturated rings. The summed E-state index contributed by atoms with van der Waals surface area (Å²) in [7, 11) is 0. The van der Waals surface area contributed by atoms with Crippen LogP contribution >= 0.6 is 0 Å². The van der Waals surface area contributed by atoms with Gasteiger partial charge in [-0.15, -0.1) is 0 Å². The van der Waals surface area contributed by atoms with Crippen molar-refractivity contribution in [3.8, 4) is 0 Å². The SMILES string of the molecule is c1ccc(CNC2CCCCC2Cc2ccccc2)cc1. The molecule has 1 aliphatic carbocycles. The number of nitrogens with one attached hydrogen (secondary N) is 1. The fraction of sp³-hybridized carbons (Fsp3) is 0.400. The average molecular weight is 279 g/mol. The Morgan fingerprint density at radius 3 is 2.10 bits per heavy atom. The Balaban J connectivity index is 1.59. The van der Waals surface area contributed by atoms with E-state index in [2.05, 4.69) is 66.0 Å². The molecule has 0 radical (unpaired) electrons. The molecule has 0 saturated heterocycles. The van der Waals surface area contributed by atoms with Gasteiger partial charge >= 0.3 is 0 Å². The fourth-order valence-corrected chi connectivity index (χ4v) is 3.48. The first kappa shape index (κ1) is 14.3. The molecule has 1 N–H and O–H groups in total. The molecule has 21 heavy (non-hydrogen) atoms. The Bertz CT molecular complexity index is 520. The third-order valence-corrected chi connectivity index (χ3v) is 4.66. The lowest BCUT2D eigenvalue weighted by Crippen LogP contribution is -2.39. The third kappa shape index (κ3) is 4.18.